The van der Waals surface area contributed by atoms with Crippen LogP contribution in [0.2, 0.25) is 0 Å². The summed E-state index contributed by atoms with van der Waals surface area (Å²) in [5.74, 6) is 3.57. The second-order valence-corrected chi connectivity index (χ2v) is 5.69. The van der Waals surface area contributed by atoms with Gasteiger partial charge in [-0.15, -0.1) is 0 Å². The molecular formula is C13H19N3OS. The lowest BCUT2D eigenvalue weighted by molar-refractivity contribution is 0.318. The summed E-state index contributed by atoms with van der Waals surface area (Å²) in [4.78, 5) is 0. The molecule has 1 unspecified atom stereocenters. The zero-order valence-corrected chi connectivity index (χ0v) is 11.1. The summed E-state index contributed by atoms with van der Waals surface area (Å²) in [6.45, 7) is 1.96. The smallest absolute Gasteiger partial charge is 0.170 e. The topological polar surface area (TPSA) is 70.6 Å². The Labute approximate surface area is 112 Å². The van der Waals surface area contributed by atoms with Gasteiger partial charge in [-0.3, -0.25) is 0 Å². The van der Waals surface area contributed by atoms with Gasteiger partial charge in [0.2, 0.25) is 0 Å². The third-order valence-electron chi connectivity index (χ3n) is 3.14. The Kier molecular flexibility index (Phi) is 4.90. The van der Waals surface area contributed by atoms with Crippen molar-refractivity contribution in [1.29, 1.82) is 0 Å². The van der Waals surface area contributed by atoms with E-state index in [1.54, 1.807) is 0 Å². The van der Waals surface area contributed by atoms with Gasteiger partial charge in [0.15, 0.2) is 5.84 Å². The molecule has 1 fully saturated rings. The van der Waals surface area contributed by atoms with E-state index in [0.717, 1.165) is 24.6 Å². The highest BCUT2D eigenvalue weighted by Gasteiger charge is 2.14. The highest BCUT2D eigenvalue weighted by Crippen LogP contribution is 2.22. The molecule has 4 N–H and O–H groups in total. The van der Waals surface area contributed by atoms with Crippen LogP contribution in [0.5, 0.6) is 0 Å². The van der Waals surface area contributed by atoms with Crippen molar-refractivity contribution in [3.63, 3.8) is 0 Å². The Bertz CT molecular complexity index is 399. The van der Waals surface area contributed by atoms with E-state index in [4.69, 9.17) is 10.9 Å². The number of thioether (sulfide) groups is 1. The fourth-order valence-electron chi connectivity index (χ4n) is 2.02. The summed E-state index contributed by atoms with van der Waals surface area (Å²) in [6, 6.07) is 7.75. The zero-order valence-electron chi connectivity index (χ0n) is 10.3. The van der Waals surface area contributed by atoms with Gasteiger partial charge in [-0.05, 0) is 36.0 Å². The number of hydrogen-bond acceptors (Lipinski definition) is 4. The first-order valence-corrected chi connectivity index (χ1v) is 7.30. The van der Waals surface area contributed by atoms with Gasteiger partial charge in [0.1, 0.15) is 0 Å². The van der Waals surface area contributed by atoms with Crippen LogP contribution in [0.4, 0.5) is 0 Å². The molecule has 0 bridgehead atoms. The van der Waals surface area contributed by atoms with Gasteiger partial charge in [-0.1, -0.05) is 29.4 Å². The standard InChI is InChI=1S/C13H19N3OS/c14-13(16-17)12-3-1-10(2-4-12)7-15-8-11-5-6-18-9-11/h1-4,11,15,17H,5-9H2,(H2,14,16). The van der Waals surface area contributed by atoms with E-state index in [9.17, 15) is 0 Å². The van der Waals surface area contributed by atoms with Gasteiger partial charge in [0.25, 0.3) is 0 Å². The highest BCUT2D eigenvalue weighted by molar-refractivity contribution is 7.99. The van der Waals surface area contributed by atoms with Crippen LogP contribution in [0.15, 0.2) is 29.4 Å². The van der Waals surface area contributed by atoms with Crippen molar-refractivity contribution in [2.45, 2.75) is 13.0 Å². The molecule has 1 aromatic rings. The van der Waals surface area contributed by atoms with Crippen LogP contribution in [-0.4, -0.2) is 29.1 Å². The van der Waals surface area contributed by atoms with Crippen molar-refractivity contribution in [1.82, 2.24) is 5.32 Å². The van der Waals surface area contributed by atoms with Crippen molar-refractivity contribution in [2.75, 3.05) is 18.1 Å². The molecule has 5 heteroatoms. The molecule has 1 saturated heterocycles. The number of nitrogens with zero attached hydrogens (tertiary/aromatic N) is 1. The summed E-state index contributed by atoms with van der Waals surface area (Å²) in [5.41, 5.74) is 7.47. The lowest BCUT2D eigenvalue weighted by atomic mass is 10.1. The molecule has 1 aliphatic rings. The number of benzene rings is 1. The Morgan fingerprint density at radius 3 is 2.83 bits per heavy atom. The zero-order chi connectivity index (χ0) is 12.8. The van der Waals surface area contributed by atoms with E-state index in [1.165, 1.54) is 23.5 Å². The molecule has 0 radical (unpaired) electrons. The fourth-order valence-corrected chi connectivity index (χ4v) is 3.30. The van der Waals surface area contributed by atoms with Gasteiger partial charge in [-0.2, -0.15) is 11.8 Å². The molecule has 1 aromatic carbocycles. The Hall–Kier alpha value is -1.20. The van der Waals surface area contributed by atoms with E-state index < -0.39 is 0 Å². The van der Waals surface area contributed by atoms with Crippen molar-refractivity contribution in [3.8, 4) is 0 Å². The third-order valence-corrected chi connectivity index (χ3v) is 4.38. The van der Waals surface area contributed by atoms with Gasteiger partial charge in [0, 0.05) is 12.1 Å². The summed E-state index contributed by atoms with van der Waals surface area (Å²) in [6.07, 6.45) is 1.33. The number of hydrogen-bond donors (Lipinski definition) is 3. The Morgan fingerprint density at radius 1 is 1.44 bits per heavy atom. The SMILES string of the molecule is N/C(=N/O)c1ccc(CNCC2CCSC2)cc1. The van der Waals surface area contributed by atoms with Gasteiger partial charge in [0.05, 0.1) is 0 Å². The second kappa shape index (κ2) is 6.66. The van der Waals surface area contributed by atoms with E-state index in [2.05, 4.69) is 10.5 Å². The number of amidine groups is 1. The molecule has 0 amide bonds. The lowest BCUT2D eigenvalue weighted by Gasteiger charge is -2.10. The maximum Gasteiger partial charge on any atom is 0.170 e. The van der Waals surface area contributed by atoms with Crippen molar-refractivity contribution in [2.24, 2.45) is 16.8 Å². The van der Waals surface area contributed by atoms with Crippen molar-refractivity contribution in [3.05, 3.63) is 35.4 Å². The summed E-state index contributed by atoms with van der Waals surface area (Å²) in [7, 11) is 0. The first kappa shape index (κ1) is 13.2. The molecule has 2 rings (SSSR count). The molecule has 1 aliphatic heterocycles. The monoisotopic (exact) mass is 265 g/mol. The van der Waals surface area contributed by atoms with Gasteiger partial charge < -0.3 is 16.3 Å². The first-order chi connectivity index (χ1) is 8.79. The van der Waals surface area contributed by atoms with Crippen LogP contribution >= 0.6 is 11.8 Å². The quantitative estimate of drug-likeness (QED) is 0.327. The maximum absolute atomic E-state index is 8.57. The van der Waals surface area contributed by atoms with Gasteiger partial charge in [-0.25, -0.2) is 0 Å². The predicted octanol–water partition coefficient (Wildman–Crippen LogP) is 1.62. The first-order valence-electron chi connectivity index (χ1n) is 6.15. The number of rotatable bonds is 5. The molecule has 1 heterocycles. The fraction of sp³-hybridized carbons (Fsp3) is 0.462. The Morgan fingerprint density at radius 2 is 2.22 bits per heavy atom. The third kappa shape index (κ3) is 3.65. The molecule has 98 valence electrons. The Balaban J connectivity index is 1.79. The van der Waals surface area contributed by atoms with E-state index >= 15 is 0 Å². The molecule has 0 saturated carbocycles. The maximum atomic E-state index is 8.57. The second-order valence-electron chi connectivity index (χ2n) is 4.54. The van der Waals surface area contributed by atoms with E-state index in [1.807, 2.05) is 36.0 Å². The number of oxime groups is 1. The minimum atomic E-state index is 0.150. The highest BCUT2D eigenvalue weighted by atomic mass is 32.2. The molecule has 18 heavy (non-hydrogen) atoms. The normalized spacial score (nSPS) is 20.2. The average molecular weight is 265 g/mol. The van der Waals surface area contributed by atoms with Crippen LogP contribution in [0.1, 0.15) is 17.5 Å². The summed E-state index contributed by atoms with van der Waals surface area (Å²) in [5, 5.41) is 15.0. The van der Waals surface area contributed by atoms with Crippen LogP contribution in [0.3, 0.4) is 0 Å². The summed E-state index contributed by atoms with van der Waals surface area (Å²) >= 11 is 2.05. The van der Waals surface area contributed by atoms with Crippen LogP contribution in [0.25, 0.3) is 0 Å². The van der Waals surface area contributed by atoms with E-state index in [0.29, 0.717) is 0 Å². The van der Waals surface area contributed by atoms with E-state index in [-0.39, 0.29) is 5.84 Å². The van der Waals surface area contributed by atoms with Crippen LogP contribution < -0.4 is 11.1 Å². The molecule has 0 aromatic heterocycles. The lowest BCUT2D eigenvalue weighted by Crippen LogP contribution is -2.22. The van der Waals surface area contributed by atoms with Crippen molar-refractivity contribution < 1.29 is 5.21 Å². The predicted molar refractivity (Wildman–Crippen MR) is 76.1 cm³/mol. The minimum absolute atomic E-state index is 0.150. The largest absolute Gasteiger partial charge is 0.409 e. The number of nitrogens with two attached hydrogens (primary N) is 1. The van der Waals surface area contributed by atoms with Crippen molar-refractivity contribution >= 4 is 17.6 Å². The van der Waals surface area contributed by atoms with Crippen LogP contribution in [0, 0.1) is 5.92 Å². The molecule has 0 aliphatic carbocycles. The molecule has 4 nitrogen and oxygen atoms in total. The van der Waals surface area contributed by atoms with Crippen LogP contribution in [-0.2, 0) is 6.54 Å². The molecule has 1 atom stereocenters. The molecule has 0 spiro atoms. The molecular weight excluding hydrogens is 246 g/mol. The average Bonchev–Trinajstić information content (AvgIpc) is 2.92. The minimum Gasteiger partial charge on any atom is -0.409 e. The summed E-state index contributed by atoms with van der Waals surface area (Å²) < 4.78 is 0. The number of nitrogens with one attached hydrogen (secondary N) is 1. The van der Waals surface area contributed by atoms with Gasteiger partial charge >= 0.3 is 0 Å².